The summed E-state index contributed by atoms with van der Waals surface area (Å²) in [7, 11) is 0. The summed E-state index contributed by atoms with van der Waals surface area (Å²) >= 11 is 0. The largest absolute Gasteiger partial charge is 0.297 e. The molecule has 6 heteroatoms. The van der Waals surface area contributed by atoms with Crippen LogP contribution >= 0.6 is 0 Å². The third-order valence-electron chi connectivity index (χ3n) is 2.90. The molecule has 0 radical (unpaired) electrons. The minimum atomic E-state index is -0.497. The maximum atomic E-state index is 11.1. The van der Waals surface area contributed by atoms with E-state index in [1.807, 2.05) is 0 Å². The number of aryl methyl sites for hydroxylation is 1. The second kappa shape index (κ2) is 6.11. The molecule has 0 atom stereocenters. The maximum Gasteiger partial charge on any atom is 0.297 e. The predicted octanol–water partition coefficient (Wildman–Crippen LogP) is 2.08. The molecule has 0 aliphatic carbocycles. The van der Waals surface area contributed by atoms with E-state index < -0.39 is 4.92 Å². The standard InChI is InChI=1S/C12H17N3O3/c1-3-4-5-10-6-7-11(14(13)8-16)12(9(10)2)15(17)18/h6-8H,3-5,13H2,1-2H3. The first-order valence-corrected chi connectivity index (χ1v) is 5.79. The van der Waals surface area contributed by atoms with Gasteiger partial charge in [0.05, 0.1) is 4.92 Å². The van der Waals surface area contributed by atoms with Gasteiger partial charge < -0.3 is 0 Å². The van der Waals surface area contributed by atoms with Gasteiger partial charge in [-0.3, -0.25) is 14.9 Å². The molecule has 6 nitrogen and oxygen atoms in total. The number of hydrogen-bond donors (Lipinski definition) is 1. The van der Waals surface area contributed by atoms with Crippen LogP contribution < -0.4 is 10.9 Å². The maximum absolute atomic E-state index is 11.1. The van der Waals surface area contributed by atoms with E-state index in [4.69, 9.17) is 5.84 Å². The number of nitro benzene ring substituents is 1. The van der Waals surface area contributed by atoms with Crippen molar-refractivity contribution in [2.75, 3.05) is 5.01 Å². The van der Waals surface area contributed by atoms with Crippen molar-refractivity contribution in [2.24, 2.45) is 5.84 Å². The Hall–Kier alpha value is -1.95. The van der Waals surface area contributed by atoms with Crippen molar-refractivity contribution < 1.29 is 9.72 Å². The van der Waals surface area contributed by atoms with Crippen LogP contribution in [0.15, 0.2) is 12.1 Å². The number of carbonyl (C=O) groups is 1. The molecule has 0 saturated heterocycles. The normalized spacial score (nSPS) is 10.2. The third-order valence-corrected chi connectivity index (χ3v) is 2.90. The summed E-state index contributed by atoms with van der Waals surface area (Å²) in [5, 5.41) is 11.8. The van der Waals surface area contributed by atoms with Crippen LogP contribution in [-0.4, -0.2) is 11.3 Å². The summed E-state index contributed by atoms with van der Waals surface area (Å²) in [4.78, 5) is 21.2. The number of hydrogen-bond acceptors (Lipinski definition) is 4. The molecule has 1 amide bonds. The van der Waals surface area contributed by atoms with Crippen LogP contribution in [0, 0.1) is 17.0 Å². The van der Waals surface area contributed by atoms with Crippen molar-refractivity contribution >= 4 is 17.8 Å². The molecule has 2 N–H and O–H groups in total. The highest BCUT2D eigenvalue weighted by molar-refractivity contribution is 5.81. The van der Waals surface area contributed by atoms with Crippen LogP contribution in [0.2, 0.25) is 0 Å². The van der Waals surface area contributed by atoms with Crippen LogP contribution in [0.1, 0.15) is 30.9 Å². The lowest BCUT2D eigenvalue weighted by molar-refractivity contribution is -0.384. The Balaban J connectivity index is 3.28. The van der Waals surface area contributed by atoms with E-state index in [0.717, 1.165) is 29.8 Å². The van der Waals surface area contributed by atoms with Gasteiger partial charge in [-0.05, 0) is 31.4 Å². The number of carbonyl (C=O) groups excluding carboxylic acids is 1. The average molecular weight is 251 g/mol. The van der Waals surface area contributed by atoms with Gasteiger partial charge in [-0.2, -0.15) is 0 Å². The average Bonchev–Trinajstić information content (AvgIpc) is 2.35. The summed E-state index contributed by atoms with van der Waals surface area (Å²) < 4.78 is 0. The summed E-state index contributed by atoms with van der Waals surface area (Å²) in [5.74, 6) is 5.41. The fourth-order valence-corrected chi connectivity index (χ4v) is 1.86. The number of nitro groups is 1. The molecule has 0 bridgehead atoms. The first-order valence-electron chi connectivity index (χ1n) is 5.79. The third kappa shape index (κ3) is 2.84. The highest BCUT2D eigenvalue weighted by atomic mass is 16.6. The van der Waals surface area contributed by atoms with Gasteiger partial charge in [-0.1, -0.05) is 19.4 Å². The predicted molar refractivity (Wildman–Crippen MR) is 69.2 cm³/mol. The lowest BCUT2D eigenvalue weighted by Gasteiger charge is -2.14. The quantitative estimate of drug-likeness (QED) is 0.275. The molecule has 1 rings (SSSR count). The van der Waals surface area contributed by atoms with Gasteiger partial charge in [0.15, 0.2) is 0 Å². The van der Waals surface area contributed by atoms with Gasteiger partial charge in [0, 0.05) is 5.56 Å². The van der Waals surface area contributed by atoms with Crippen LogP contribution in [0.25, 0.3) is 0 Å². The fourth-order valence-electron chi connectivity index (χ4n) is 1.86. The molecule has 0 heterocycles. The second-order valence-electron chi connectivity index (χ2n) is 4.09. The minimum absolute atomic E-state index is 0.0989. The first-order chi connectivity index (χ1) is 8.52. The number of hydrazine groups is 1. The van der Waals surface area contributed by atoms with Crippen LogP contribution in [0.5, 0.6) is 0 Å². The lowest BCUT2D eigenvalue weighted by atomic mass is 10.0. The van der Waals surface area contributed by atoms with Gasteiger partial charge in [0.2, 0.25) is 6.41 Å². The molecule has 0 saturated carbocycles. The number of rotatable bonds is 6. The van der Waals surface area contributed by atoms with Crippen molar-refractivity contribution in [1.82, 2.24) is 0 Å². The van der Waals surface area contributed by atoms with E-state index in [-0.39, 0.29) is 11.4 Å². The zero-order valence-corrected chi connectivity index (χ0v) is 10.5. The molecule has 1 aromatic carbocycles. The zero-order chi connectivity index (χ0) is 13.7. The van der Waals surface area contributed by atoms with Crippen molar-refractivity contribution in [1.29, 1.82) is 0 Å². The highest BCUT2D eigenvalue weighted by Gasteiger charge is 2.22. The summed E-state index contributed by atoms with van der Waals surface area (Å²) in [6.45, 7) is 3.75. The number of anilines is 1. The molecule has 0 unspecified atom stereocenters. The molecular formula is C12H17N3O3. The van der Waals surface area contributed by atoms with Gasteiger partial charge in [0.1, 0.15) is 5.69 Å². The van der Waals surface area contributed by atoms with E-state index in [1.54, 1.807) is 13.0 Å². The molecule has 0 aliphatic rings. The molecule has 0 fully saturated rings. The van der Waals surface area contributed by atoms with Crippen molar-refractivity contribution in [2.45, 2.75) is 33.1 Å². The van der Waals surface area contributed by atoms with E-state index in [1.165, 1.54) is 6.07 Å². The van der Waals surface area contributed by atoms with Gasteiger partial charge in [0.25, 0.3) is 5.69 Å². The molecule has 1 aromatic rings. The Morgan fingerprint density at radius 2 is 2.17 bits per heavy atom. The smallest absolute Gasteiger partial charge is 0.277 e. The Morgan fingerprint density at radius 3 is 2.67 bits per heavy atom. The van der Waals surface area contributed by atoms with Gasteiger partial charge in [-0.15, -0.1) is 0 Å². The zero-order valence-electron chi connectivity index (χ0n) is 10.5. The van der Waals surface area contributed by atoms with Crippen LogP contribution in [0.4, 0.5) is 11.4 Å². The van der Waals surface area contributed by atoms with Crippen LogP contribution in [-0.2, 0) is 11.2 Å². The van der Waals surface area contributed by atoms with Crippen molar-refractivity contribution in [3.8, 4) is 0 Å². The van der Waals surface area contributed by atoms with E-state index in [0.29, 0.717) is 12.0 Å². The molecular weight excluding hydrogens is 234 g/mol. The number of nitrogens with zero attached hydrogens (tertiary/aromatic N) is 2. The first kappa shape index (κ1) is 14.1. The Labute approximate surface area is 106 Å². The summed E-state index contributed by atoms with van der Waals surface area (Å²) in [5.41, 5.74) is 1.51. The number of nitrogens with two attached hydrogens (primary N) is 1. The van der Waals surface area contributed by atoms with Crippen molar-refractivity contribution in [3.05, 3.63) is 33.4 Å². The summed E-state index contributed by atoms with van der Waals surface area (Å²) in [6.07, 6.45) is 3.13. The number of benzene rings is 1. The Kier molecular flexibility index (Phi) is 4.79. The number of amides is 1. The SMILES string of the molecule is CCCCc1ccc(N(N)C=O)c([N+](=O)[O-])c1C. The Bertz CT molecular complexity index is 460. The molecule has 0 spiro atoms. The fraction of sp³-hybridized carbons (Fsp3) is 0.417. The monoisotopic (exact) mass is 251 g/mol. The van der Waals surface area contributed by atoms with Crippen molar-refractivity contribution in [3.63, 3.8) is 0 Å². The topological polar surface area (TPSA) is 89.5 Å². The molecule has 18 heavy (non-hydrogen) atoms. The van der Waals surface area contributed by atoms with E-state index >= 15 is 0 Å². The highest BCUT2D eigenvalue weighted by Crippen LogP contribution is 2.32. The van der Waals surface area contributed by atoms with E-state index in [9.17, 15) is 14.9 Å². The van der Waals surface area contributed by atoms with Gasteiger partial charge >= 0.3 is 0 Å². The molecule has 0 aromatic heterocycles. The Morgan fingerprint density at radius 1 is 1.50 bits per heavy atom. The van der Waals surface area contributed by atoms with E-state index in [2.05, 4.69) is 6.92 Å². The minimum Gasteiger partial charge on any atom is -0.277 e. The van der Waals surface area contributed by atoms with Crippen LogP contribution in [0.3, 0.4) is 0 Å². The summed E-state index contributed by atoms with van der Waals surface area (Å²) in [6, 6.07) is 3.31. The number of unbranched alkanes of at least 4 members (excludes halogenated alkanes) is 1. The second-order valence-corrected chi connectivity index (χ2v) is 4.09. The lowest BCUT2D eigenvalue weighted by Crippen LogP contribution is -2.29. The van der Waals surface area contributed by atoms with Gasteiger partial charge in [-0.25, -0.2) is 10.9 Å². The molecule has 0 aliphatic heterocycles. The molecule has 98 valence electrons.